The molecule has 19 heavy (non-hydrogen) atoms. The van der Waals surface area contributed by atoms with Crippen molar-refractivity contribution in [2.75, 3.05) is 39.3 Å². The monoisotopic (exact) mass is 266 g/mol. The minimum Gasteiger partial charge on any atom is -0.378 e. The van der Waals surface area contributed by atoms with Gasteiger partial charge in [-0.25, -0.2) is 0 Å². The van der Waals surface area contributed by atoms with Crippen LogP contribution < -0.4 is 5.32 Å². The third-order valence-corrected chi connectivity index (χ3v) is 5.49. The first-order chi connectivity index (χ1) is 9.12. The molecule has 3 rings (SSSR count). The van der Waals surface area contributed by atoms with Gasteiger partial charge in [0.2, 0.25) is 0 Å². The predicted molar refractivity (Wildman–Crippen MR) is 78.3 cm³/mol. The van der Waals surface area contributed by atoms with E-state index in [-0.39, 0.29) is 0 Å². The van der Waals surface area contributed by atoms with E-state index in [1.807, 2.05) is 0 Å². The van der Waals surface area contributed by atoms with Crippen molar-refractivity contribution in [1.82, 2.24) is 10.2 Å². The Balaban J connectivity index is 1.44. The molecule has 2 heterocycles. The highest BCUT2D eigenvalue weighted by Gasteiger charge is 2.46. The standard InChI is InChI=1S/C16H30N2O/c1-14(2)19-13-16(3-4-16)12-18-9-6-15(7-10-18)5-8-17-11-15/h14,17H,3-13H2,1-2H3. The van der Waals surface area contributed by atoms with Crippen molar-refractivity contribution in [1.29, 1.82) is 0 Å². The van der Waals surface area contributed by atoms with Crippen molar-refractivity contribution in [3.05, 3.63) is 0 Å². The van der Waals surface area contributed by atoms with Crippen LogP contribution in [-0.2, 0) is 4.74 Å². The zero-order valence-electron chi connectivity index (χ0n) is 12.7. The van der Waals surface area contributed by atoms with E-state index in [1.165, 1.54) is 64.8 Å². The van der Waals surface area contributed by atoms with E-state index in [9.17, 15) is 0 Å². The van der Waals surface area contributed by atoms with Crippen LogP contribution in [0.1, 0.15) is 46.0 Å². The molecule has 2 saturated heterocycles. The first kappa shape index (κ1) is 13.8. The lowest BCUT2D eigenvalue weighted by molar-refractivity contribution is 0.0211. The zero-order valence-corrected chi connectivity index (χ0v) is 12.7. The molecule has 3 aliphatic rings. The van der Waals surface area contributed by atoms with Crippen LogP contribution in [0, 0.1) is 10.8 Å². The number of hydrogen-bond donors (Lipinski definition) is 1. The van der Waals surface area contributed by atoms with Crippen molar-refractivity contribution in [2.24, 2.45) is 10.8 Å². The number of nitrogens with one attached hydrogen (secondary N) is 1. The summed E-state index contributed by atoms with van der Waals surface area (Å²) in [6, 6.07) is 0. The minimum absolute atomic E-state index is 0.381. The van der Waals surface area contributed by atoms with E-state index in [0.29, 0.717) is 16.9 Å². The van der Waals surface area contributed by atoms with Crippen molar-refractivity contribution >= 4 is 0 Å². The molecule has 0 radical (unpaired) electrons. The Kier molecular flexibility index (Phi) is 3.89. The SMILES string of the molecule is CC(C)OCC1(CN2CCC3(CCNC3)CC2)CC1. The fourth-order valence-corrected chi connectivity index (χ4v) is 3.75. The van der Waals surface area contributed by atoms with E-state index in [0.717, 1.165) is 6.61 Å². The van der Waals surface area contributed by atoms with Gasteiger partial charge in [-0.05, 0) is 71.0 Å². The molecule has 1 saturated carbocycles. The molecule has 3 fully saturated rings. The van der Waals surface area contributed by atoms with E-state index in [4.69, 9.17) is 4.74 Å². The number of nitrogens with zero attached hydrogens (tertiary/aromatic N) is 1. The van der Waals surface area contributed by atoms with Gasteiger partial charge in [0.05, 0.1) is 12.7 Å². The Labute approximate surface area is 118 Å². The van der Waals surface area contributed by atoms with Crippen molar-refractivity contribution in [3.63, 3.8) is 0 Å². The first-order valence-corrected chi connectivity index (χ1v) is 8.16. The van der Waals surface area contributed by atoms with Crippen LogP contribution in [0.5, 0.6) is 0 Å². The molecule has 3 heteroatoms. The van der Waals surface area contributed by atoms with Gasteiger partial charge in [0.15, 0.2) is 0 Å². The Morgan fingerprint density at radius 2 is 1.84 bits per heavy atom. The molecule has 1 spiro atoms. The molecule has 1 aliphatic carbocycles. The summed E-state index contributed by atoms with van der Waals surface area (Å²) in [5.74, 6) is 0. The molecule has 0 atom stereocenters. The first-order valence-electron chi connectivity index (χ1n) is 8.16. The number of rotatable bonds is 5. The molecule has 0 aromatic rings. The van der Waals surface area contributed by atoms with E-state index >= 15 is 0 Å². The van der Waals surface area contributed by atoms with Gasteiger partial charge in [-0.15, -0.1) is 0 Å². The molecule has 0 unspecified atom stereocenters. The summed E-state index contributed by atoms with van der Waals surface area (Å²) in [5.41, 5.74) is 1.17. The smallest absolute Gasteiger partial charge is 0.0538 e. The zero-order chi connectivity index (χ0) is 13.3. The maximum Gasteiger partial charge on any atom is 0.0538 e. The lowest BCUT2D eigenvalue weighted by Crippen LogP contribution is -2.44. The van der Waals surface area contributed by atoms with Gasteiger partial charge in [-0.3, -0.25) is 0 Å². The largest absolute Gasteiger partial charge is 0.378 e. The van der Waals surface area contributed by atoms with E-state index in [2.05, 4.69) is 24.1 Å². The van der Waals surface area contributed by atoms with Gasteiger partial charge in [0.1, 0.15) is 0 Å². The second-order valence-electron chi connectivity index (χ2n) is 7.56. The second kappa shape index (κ2) is 5.34. The van der Waals surface area contributed by atoms with Gasteiger partial charge < -0.3 is 15.0 Å². The van der Waals surface area contributed by atoms with E-state index in [1.54, 1.807) is 0 Å². The lowest BCUT2D eigenvalue weighted by Gasteiger charge is -2.40. The Bertz CT molecular complexity index is 296. The maximum absolute atomic E-state index is 5.87. The molecule has 0 aromatic heterocycles. The van der Waals surface area contributed by atoms with Gasteiger partial charge in [-0.1, -0.05) is 0 Å². The summed E-state index contributed by atoms with van der Waals surface area (Å²) in [4.78, 5) is 2.71. The van der Waals surface area contributed by atoms with Gasteiger partial charge in [-0.2, -0.15) is 0 Å². The number of hydrogen-bond acceptors (Lipinski definition) is 3. The normalized spacial score (nSPS) is 29.2. The fourth-order valence-electron chi connectivity index (χ4n) is 3.75. The summed E-state index contributed by atoms with van der Waals surface area (Å²) in [6.07, 6.45) is 7.35. The molecule has 2 aliphatic heterocycles. The lowest BCUT2D eigenvalue weighted by atomic mass is 9.77. The van der Waals surface area contributed by atoms with Gasteiger partial charge in [0.25, 0.3) is 0 Å². The quantitative estimate of drug-likeness (QED) is 0.826. The molecule has 110 valence electrons. The fraction of sp³-hybridized carbons (Fsp3) is 1.00. The highest BCUT2D eigenvalue weighted by Crippen LogP contribution is 2.48. The van der Waals surface area contributed by atoms with Crippen LogP contribution in [0.25, 0.3) is 0 Å². The van der Waals surface area contributed by atoms with Crippen molar-refractivity contribution in [3.8, 4) is 0 Å². The minimum atomic E-state index is 0.381. The molecule has 0 aromatic carbocycles. The molecule has 0 bridgehead atoms. The van der Waals surface area contributed by atoms with Crippen LogP contribution in [0.2, 0.25) is 0 Å². The predicted octanol–water partition coefficient (Wildman–Crippen LogP) is 2.27. The van der Waals surface area contributed by atoms with Crippen molar-refractivity contribution < 1.29 is 4.74 Å². The molecular weight excluding hydrogens is 236 g/mol. The Morgan fingerprint density at radius 1 is 1.11 bits per heavy atom. The number of likely N-dealkylation sites (tertiary alicyclic amines) is 1. The second-order valence-corrected chi connectivity index (χ2v) is 7.56. The molecule has 1 N–H and O–H groups in total. The maximum atomic E-state index is 5.87. The van der Waals surface area contributed by atoms with Gasteiger partial charge >= 0.3 is 0 Å². The molecule has 3 nitrogen and oxygen atoms in total. The third kappa shape index (κ3) is 3.32. The molecule has 0 amide bonds. The Hall–Kier alpha value is -0.120. The van der Waals surface area contributed by atoms with Gasteiger partial charge in [0, 0.05) is 18.5 Å². The van der Waals surface area contributed by atoms with Crippen LogP contribution in [0.15, 0.2) is 0 Å². The highest BCUT2D eigenvalue weighted by molar-refractivity contribution is 4.98. The summed E-state index contributed by atoms with van der Waals surface area (Å²) in [6.45, 7) is 11.7. The van der Waals surface area contributed by atoms with Crippen LogP contribution in [-0.4, -0.2) is 50.3 Å². The topological polar surface area (TPSA) is 24.5 Å². The summed E-state index contributed by atoms with van der Waals surface area (Å²) < 4.78 is 5.87. The Morgan fingerprint density at radius 3 is 2.37 bits per heavy atom. The highest BCUT2D eigenvalue weighted by atomic mass is 16.5. The summed E-state index contributed by atoms with van der Waals surface area (Å²) in [7, 11) is 0. The average Bonchev–Trinajstić information content (AvgIpc) is 3.02. The number of piperidine rings is 1. The number of ether oxygens (including phenoxy) is 1. The van der Waals surface area contributed by atoms with Crippen LogP contribution in [0.4, 0.5) is 0 Å². The van der Waals surface area contributed by atoms with Crippen LogP contribution >= 0.6 is 0 Å². The van der Waals surface area contributed by atoms with Crippen molar-refractivity contribution in [2.45, 2.75) is 52.1 Å². The average molecular weight is 266 g/mol. The molecular formula is C16H30N2O. The van der Waals surface area contributed by atoms with E-state index < -0.39 is 0 Å². The third-order valence-electron chi connectivity index (χ3n) is 5.49. The summed E-state index contributed by atoms with van der Waals surface area (Å²) in [5, 5.41) is 3.55. The van der Waals surface area contributed by atoms with Crippen LogP contribution in [0.3, 0.4) is 0 Å². The summed E-state index contributed by atoms with van der Waals surface area (Å²) >= 11 is 0.